The zero-order chi connectivity index (χ0) is 19.0. The molecule has 5 fully saturated rings. The molecule has 0 bridgehead atoms. The molecular weight excluding hydrogens is 332 g/mol. The molecule has 0 radical (unpaired) electrons. The van der Waals surface area contributed by atoms with Crippen LogP contribution in [-0.2, 0) is 4.79 Å². The van der Waals surface area contributed by atoms with Crippen LogP contribution in [0.3, 0.4) is 0 Å². The van der Waals surface area contributed by atoms with Gasteiger partial charge in [-0.2, -0.15) is 0 Å². The average molecular weight is 371 g/mol. The number of carbonyl (C=O) groups excluding carboxylic acids is 1. The van der Waals surface area contributed by atoms with Gasteiger partial charge in [0.2, 0.25) is 0 Å². The Morgan fingerprint density at radius 1 is 1.00 bits per heavy atom. The molecule has 0 heterocycles. The summed E-state index contributed by atoms with van der Waals surface area (Å²) in [6, 6.07) is 0.788. The number of Topliss-reactive ketones (excluding diaryl/α,β-unsaturated/α-hetero) is 1. The molecule has 27 heavy (non-hydrogen) atoms. The van der Waals surface area contributed by atoms with E-state index in [0.717, 1.165) is 36.6 Å². The summed E-state index contributed by atoms with van der Waals surface area (Å²) in [4.78, 5) is 12.2. The Labute approximate surface area is 165 Å². The van der Waals surface area contributed by atoms with E-state index in [1.54, 1.807) is 0 Å². The molecule has 5 saturated carbocycles. The van der Waals surface area contributed by atoms with E-state index in [1.165, 1.54) is 51.4 Å². The first-order chi connectivity index (χ1) is 12.8. The Morgan fingerprint density at radius 2 is 1.74 bits per heavy atom. The van der Waals surface area contributed by atoms with Crippen molar-refractivity contribution in [3.63, 3.8) is 0 Å². The van der Waals surface area contributed by atoms with E-state index in [4.69, 9.17) is 5.41 Å². The molecule has 2 N–H and O–H groups in total. The summed E-state index contributed by atoms with van der Waals surface area (Å²) in [6.45, 7) is 7.49. The predicted molar refractivity (Wildman–Crippen MR) is 109 cm³/mol. The Balaban J connectivity index is 1.45. The van der Waals surface area contributed by atoms with Crippen LogP contribution in [0.4, 0.5) is 0 Å². The second-order valence-corrected chi connectivity index (χ2v) is 11.2. The standard InChI is InChI=1S/C24H38N2O/c1-4-24(26-15-5-6-15)14-10-18-16-7-8-19-21(25)20(27)11-12-22(19,2)17(16)9-13-23(18,24)3/h15-19,25-26H,4-14H2,1-3H3/t16-,17+,18+,19?,22-,23+,24-/m1/s1. The van der Waals surface area contributed by atoms with E-state index in [0.29, 0.717) is 23.1 Å². The predicted octanol–water partition coefficient (Wildman–Crippen LogP) is 5.13. The van der Waals surface area contributed by atoms with Gasteiger partial charge in [0.1, 0.15) is 0 Å². The molecular formula is C24H38N2O. The lowest BCUT2D eigenvalue weighted by Crippen LogP contribution is -2.61. The van der Waals surface area contributed by atoms with Crippen molar-refractivity contribution in [3.8, 4) is 0 Å². The van der Waals surface area contributed by atoms with Crippen LogP contribution < -0.4 is 5.32 Å². The topological polar surface area (TPSA) is 53.0 Å². The molecule has 1 unspecified atom stereocenters. The highest BCUT2D eigenvalue weighted by atomic mass is 16.1. The molecule has 5 rings (SSSR count). The highest BCUT2D eigenvalue weighted by Crippen LogP contribution is 2.68. The fraction of sp³-hybridized carbons (Fsp3) is 0.917. The van der Waals surface area contributed by atoms with Crippen molar-refractivity contribution < 1.29 is 4.79 Å². The van der Waals surface area contributed by atoms with Gasteiger partial charge in [-0.3, -0.25) is 4.79 Å². The Bertz CT molecular complexity index is 669. The summed E-state index contributed by atoms with van der Waals surface area (Å²) in [5.41, 5.74) is 1.47. The van der Waals surface area contributed by atoms with Gasteiger partial charge in [0.15, 0.2) is 5.78 Å². The molecule has 7 atom stereocenters. The van der Waals surface area contributed by atoms with Crippen molar-refractivity contribution in [2.45, 2.75) is 103 Å². The highest BCUT2D eigenvalue weighted by Gasteiger charge is 2.65. The van der Waals surface area contributed by atoms with Gasteiger partial charge in [-0.25, -0.2) is 0 Å². The second kappa shape index (κ2) is 5.90. The second-order valence-electron chi connectivity index (χ2n) is 11.2. The zero-order valence-electron chi connectivity index (χ0n) is 17.6. The number of nitrogens with one attached hydrogen (secondary N) is 2. The molecule has 0 spiro atoms. The lowest BCUT2D eigenvalue weighted by Gasteiger charge is -2.61. The molecule has 5 aliphatic carbocycles. The molecule has 3 heteroatoms. The number of hydrogen-bond donors (Lipinski definition) is 2. The van der Waals surface area contributed by atoms with E-state index in [9.17, 15) is 4.79 Å². The van der Waals surface area contributed by atoms with Crippen LogP contribution in [0.5, 0.6) is 0 Å². The molecule has 0 aliphatic heterocycles. The summed E-state index contributed by atoms with van der Waals surface area (Å²) < 4.78 is 0. The SMILES string of the molecule is CC[C@@]1(NC2CC2)CC[C@H]2[C@@H]3CCC4C(=N)C(=O)CC[C@]4(C)[C@H]3CC[C@@]21C. The molecule has 150 valence electrons. The van der Waals surface area contributed by atoms with Crippen molar-refractivity contribution in [1.29, 1.82) is 5.41 Å². The quantitative estimate of drug-likeness (QED) is 0.723. The van der Waals surface area contributed by atoms with Gasteiger partial charge in [-0.1, -0.05) is 20.8 Å². The molecule has 0 aromatic rings. The molecule has 0 amide bonds. The number of hydrogen-bond acceptors (Lipinski definition) is 3. The van der Waals surface area contributed by atoms with E-state index < -0.39 is 0 Å². The normalized spacial score (nSPS) is 52.3. The van der Waals surface area contributed by atoms with Crippen LogP contribution >= 0.6 is 0 Å². The van der Waals surface area contributed by atoms with Crippen molar-refractivity contribution >= 4 is 11.5 Å². The van der Waals surface area contributed by atoms with Gasteiger partial charge in [0, 0.05) is 23.9 Å². The van der Waals surface area contributed by atoms with E-state index >= 15 is 0 Å². The maximum Gasteiger partial charge on any atom is 0.176 e. The first-order valence-electron chi connectivity index (χ1n) is 11.7. The lowest BCUT2D eigenvalue weighted by atomic mass is 9.44. The van der Waals surface area contributed by atoms with Gasteiger partial charge >= 0.3 is 0 Å². The van der Waals surface area contributed by atoms with Crippen LogP contribution in [0.15, 0.2) is 0 Å². The summed E-state index contributed by atoms with van der Waals surface area (Å²) in [6.07, 6.45) is 13.4. The first-order valence-corrected chi connectivity index (χ1v) is 11.7. The largest absolute Gasteiger partial charge is 0.308 e. The third kappa shape index (κ3) is 2.36. The first kappa shape index (κ1) is 18.3. The third-order valence-corrected chi connectivity index (χ3v) is 10.4. The van der Waals surface area contributed by atoms with E-state index in [2.05, 4.69) is 26.1 Å². The molecule has 3 nitrogen and oxygen atoms in total. The number of ketones is 1. The lowest BCUT2D eigenvalue weighted by molar-refractivity contribution is -0.123. The van der Waals surface area contributed by atoms with Crippen LogP contribution in [-0.4, -0.2) is 23.1 Å². The average Bonchev–Trinajstić information content (AvgIpc) is 3.41. The smallest absolute Gasteiger partial charge is 0.176 e. The summed E-state index contributed by atoms with van der Waals surface area (Å²) in [5, 5.41) is 12.6. The Hall–Kier alpha value is -0.700. The fourth-order valence-electron chi connectivity index (χ4n) is 8.67. The van der Waals surface area contributed by atoms with Gasteiger partial charge in [0.25, 0.3) is 0 Å². The van der Waals surface area contributed by atoms with Gasteiger partial charge < -0.3 is 10.7 Å². The van der Waals surface area contributed by atoms with Crippen molar-refractivity contribution in [3.05, 3.63) is 0 Å². The molecule has 0 saturated heterocycles. The summed E-state index contributed by atoms with van der Waals surface area (Å²) >= 11 is 0. The number of fused-ring (bicyclic) bond motifs is 5. The summed E-state index contributed by atoms with van der Waals surface area (Å²) in [5.74, 6) is 2.77. The minimum absolute atomic E-state index is 0.135. The number of rotatable bonds is 3. The monoisotopic (exact) mass is 370 g/mol. The van der Waals surface area contributed by atoms with Crippen molar-refractivity contribution in [1.82, 2.24) is 5.32 Å². The van der Waals surface area contributed by atoms with Crippen LogP contribution in [0.2, 0.25) is 0 Å². The van der Waals surface area contributed by atoms with Crippen LogP contribution in [0.1, 0.15) is 91.4 Å². The van der Waals surface area contributed by atoms with Crippen molar-refractivity contribution in [2.75, 3.05) is 0 Å². The minimum atomic E-state index is 0.135. The maximum atomic E-state index is 12.2. The fourth-order valence-corrected chi connectivity index (χ4v) is 8.67. The molecule has 5 aliphatic rings. The van der Waals surface area contributed by atoms with Crippen LogP contribution in [0, 0.1) is 39.9 Å². The van der Waals surface area contributed by atoms with E-state index in [-0.39, 0.29) is 17.1 Å². The van der Waals surface area contributed by atoms with Gasteiger partial charge in [-0.15, -0.1) is 0 Å². The maximum absolute atomic E-state index is 12.2. The molecule has 0 aromatic carbocycles. The van der Waals surface area contributed by atoms with E-state index in [1.807, 2.05) is 0 Å². The van der Waals surface area contributed by atoms with Crippen LogP contribution in [0.25, 0.3) is 0 Å². The van der Waals surface area contributed by atoms with Gasteiger partial charge in [-0.05, 0) is 92.8 Å². The van der Waals surface area contributed by atoms with Gasteiger partial charge in [0.05, 0.1) is 5.71 Å². The van der Waals surface area contributed by atoms with Crippen molar-refractivity contribution in [2.24, 2.45) is 34.5 Å². The Morgan fingerprint density at radius 3 is 2.44 bits per heavy atom. The highest BCUT2D eigenvalue weighted by molar-refractivity contribution is 6.40. The zero-order valence-corrected chi connectivity index (χ0v) is 17.6. The molecule has 0 aromatic heterocycles. The minimum Gasteiger partial charge on any atom is -0.308 e. The third-order valence-electron chi connectivity index (χ3n) is 10.4. The summed E-state index contributed by atoms with van der Waals surface area (Å²) in [7, 11) is 0. The number of carbonyl (C=O) groups is 1. The Kier molecular flexibility index (Phi) is 4.01.